The molecule has 2 saturated heterocycles. The van der Waals surface area contributed by atoms with Crippen molar-refractivity contribution in [2.24, 2.45) is 0 Å². The van der Waals surface area contributed by atoms with E-state index in [2.05, 4.69) is 6.58 Å². The third kappa shape index (κ3) is 2.01. The lowest BCUT2D eigenvalue weighted by Gasteiger charge is -2.44. The Kier molecular flexibility index (Phi) is 2.43. The summed E-state index contributed by atoms with van der Waals surface area (Å²) in [5, 5.41) is 0. The minimum atomic E-state index is -2.71. The normalized spacial score (nSPS) is 30.4. The van der Waals surface area contributed by atoms with E-state index in [0.29, 0.717) is 11.5 Å². The monoisotopic (exact) mass is 216 g/mol. The van der Waals surface area contributed by atoms with Crippen LogP contribution in [-0.4, -0.2) is 50.6 Å². The summed E-state index contributed by atoms with van der Waals surface area (Å²) in [6, 6.07) is 0. The fourth-order valence-corrected chi connectivity index (χ4v) is 3.89. The van der Waals surface area contributed by atoms with Crippen LogP contribution in [0.3, 0.4) is 0 Å². The average Bonchev–Trinajstić information content (AvgIpc) is 2.16. The predicted octanol–water partition coefficient (Wildman–Crippen LogP) is 0.582. The summed E-state index contributed by atoms with van der Waals surface area (Å²) < 4.78 is 23.7. The standard InChI is InChI=1S/C10H18NO2S/c1-10-2-4-11(5-3-10)6-8-14(12,13)9-7-11/h1-9H2/q+1. The molecule has 2 aliphatic rings. The van der Waals surface area contributed by atoms with Crippen LogP contribution in [0.25, 0.3) is 0 Å². The van der Waals surface area contributed by atoms with Crippen LogP contribution in [0, 0.1) is 0 Å². The molecule has 0 bridgehead atoms. The van der Waals surface area contributed by atoms with Gasteiger partial charge in [0.15, 0.2) is 9.84 Å². The Morgan fingerprint density at radius 3 is 2.00 bits per heavy atom. The molecule has 0 unspecified atom stereocenters. The summed E-state index contributed by atoms with van der Waals surface area (Å²) in [6.45, 7) is 7.86. The van der Waals surface area contributed by atoms with Gasteiger partial charge in [-0.1, -0.05) is 12.2 Å². The topological polar surface area (TPSA) is 34.1 Å². The highest BCUT2D eigenvalue weighted by molar-refractivity contribution is 7.91. The summed E-state index contributed by atoms with van der Waals surface area (Å²) in [4.78, 5) is 0. The van der Waals surface area contributed by atoms with Crippen molar-refractivity contribution in [2.75, 3.05) is 37.7 Å². The molecule has 0 aromatic heterocycles. The van der Waals surface area contributed by atoms with Crippen LogP contribution in [0.1, 0.15) is 12.8 Å². The Hall–Kier alpha value is -0.350. The van der Waals surface area contributed by atoms with Gasteiger partial charge in [0.1, 0.15) is 0 Å². The van der Waals surface area contributed by atoms with Gasteiger partial charge >= 0.3 is 0 Å². The molecule has 2 heterocycles. The van der Waals surface area contributed by atoms with E-state index in [1.54, 1.807) is 0 Å². The van der Waals surface area contributed by atoms with Crippen molar-refractivity contribution in [3.05, 3.63) is 12.2 Å². The van der Waals surface area contributed by atoms with Gasteiger partial charge < -0.3 is 4.48 Å². The van der Waals surface area contributed by atoms with Crippen LogP contribution in [0.2, 0.25) is 0 Å². The lowest BCUT2D eigenvalue weighted by atomic mass is 10.0. The van der Waals surface area contributed by atoms with Crippen molar-refractivity contribution < 1.29 is 12.9 Å². The molecule has 0 aromatic carbocycles. The first-order chi connectivity index (χ1) is 6.52. The van der Waals surface area contributed by atoms with Crippen molar-refractivity contribution in [3.8, 4) is 0 Å². The first-order valence-electron chi connectivity index (χ1n) is 5.24. The first-order valence-corrected chi connectivity index (χ1v) is 7.06. The van der Waals surface area contributed by atoms with Gasteiger partial charge in [-0.15, -0.1) is 0 Å². The zero-order chi connectivity index (χ0) is 10.2. The van der Waals surface area contributed by atoms with Gasteiger partial charge in [0, 0.05) is 12.8 Å². The summed E-state index contributed by atoms with van der Waals surface area (Å²) in [5.41, 5.74) is 1.34. The molecule has 14 heavy (non-hydrogen) atoms. The maximum absolute atomic E-state index is 11.3. The molecule has 0 N–H and O–H groups in total. The molecule has 4 heteroatoms. The molecule has 0 amide bonds. The van der Waals surface area contributed by atoms with Crippen molar-refractivity contribution in [2.45, 2.75) is 12.8 Å². The van der Waals surface area contributed by atoms with Gasteiger partial charge in [-0.25, -0.2) is 8.42 Å². The van der Waals surface area contributed by atoms with Crippen LogP contribution in [-0.2, 0) is 9.84 Å². The largest absolute Gasteiger partial charge is 0.321 e. The zero-order valence-corrected chi connectivity index (χ0v) is 9.35. The van der Waals surface area contributed by atoms with Crippen molar-refractivity contribution in [1.82, 2.24) is 0 Å². The Morgan fingerprint density at radius 2 is 1.50 bits per heavy atom. The van der Waals surface area contributed by atoms with Gasteiger partial charge in [-0.2, -0.15) is 0 Å². The molecule has 0 aliphatic carbocycles. The van der Waals surface area contributed by atoms with Gasteiger partial charge in [0.2, 0.25) is 0 Å². The molecule has 2 rings (SSSR count). The lowest BCUT2D eigenvalue weighted by molar-refractivity contribution is -0.927. The Balaban J connectivity index is 2.03. The quantitative estimate of drug-likeness (QED) is 0.438. The number of hydrogen-bond acceptors (Lipinski definition) is 2. The van der Waals surface area contributed by atoms with Gasteiger partial charge in [0.05, 0.1) is 37.7 Å². The summed E-state index contributed by atoms with van der Waals surface area (Å²) >= 11 is 0. The molecule has 0 radical (unpaired) electrons. The van der Waals surface area contributed by atoms with E-state index in [1.165, 1.54) is 5.57 Å². The Morgan fingerprint density at radius 1 is 1.00 bits per heavy atom. The van der Waals surface area contributed by atoms with Gasteiger partial charge in [0.25, 0.3) is 0 Å². The molecule has 80 valence electrons. The lowest BCUT2D eigenvalue weighted by Crippen LogP contribution is -2.59. The summed E-state index contributed by atoms with van der Waals surface area (Å²) in [5.74, 6) is 0.777. The average molecular weight is 216 g/mol. The van der Waals surface area contributed by atoms with E-state index in [4.69, 9.17) is 0 Å². The molecular formula is C10H18NO2S+. The number of nitrogens with zero attached hydrogens (tertiary/aromatic N) is 1. The second kappa shape index (κ2) is 3.35. The molecule has 0 aromatic rings. The van der Waals surface area contributed by atoms with Crippen LogP contribution in [0.5, 0.6) is 0 Å². The highest BCUT2D eigenvalue weighted by Crippen LogP contribution is 2.24. The predicted molar refractivity (Wildman–Crippen MR) is 56.8 cm³/mol. The van der Waals surface area contributed by atoms with Gasteiger partial charge in [-0.3, -0.25) is 0 Å². The van der Waals surface area contributed by atoms with E-state index in [0.717, 1.165) is 43.5 Å². The highest BCUT2D eigenvalue weighted by Gasteiger charge is 2.37. The fraction of sp³-hybridized carbons (Fsp3) is 0.800. The molecule has 0 atom stereocenters. The number of hydrogen-bond donors (Lipinski definition) is 0. The highest BCUT2D eigenvalue weighted by atomic mass is 32.2. The van der Waals surface area contributed by atoms with E-state index >= 15 is 0 Å². The number of rotatable bonds is 0. The summed E-state index contributed by atoms with van der Waals surface area (Å²) in [7, 11) is -2.71. The van der Waals surface area contributed by atoms with Crippen LogP contribution >= 0.6 is 0 Å². The zero-order valence-electron chi connectivity index (χ0n) is 8.54. The first kappa shape index (κ1) is 10.2. The second-order valence-electron chi connectivity index (χ2n) is 4.64. The number of sulfone groups is 1. The minimum Gasteiger partial charge on any atom is -0.321 e. The molecule has 2 fully saturated rings. The second-order valence-corrected chi connectivity index (χ2v) is 6.94. The third-order valence-corrected chi connectivity index (χ3v) is 5.24. The van der Waals surface area contributed by atoms with Crippen LogP contribution in [0.15, 0.2) is 12.2 Å². The smallest absolute Gasteiger partial charge is 0.161 e. The third-order valence-electron chi connectivity index (χ3n) is 3.63. The molecule has 2 aliphatic heterocycles. The Bertz CT molecular complexity index is 319. The van der Waals surface area contributed by atoms with Crippen molar-refractivity contribution in [1.29, 1.82) is 0 Å². The molecular weight excluding hydrogens is 198 g/mol. The van der Waals surface area contributed by atoms with E-state index < -0.39 is 9.84 Å². The molecule has 0 saturated carbocycles. The Labute approximate surface area is 85.9 Å². The fourth-order valence-electron chi connectivity index (χ4n) is 2.35. The number of piperidine rings is 1. The maximum atomic E-state index is 11.3. The van der Waals surface area contributed by atoms with Crippen LogP contribution in [0.4, 0.5) is 0 Å². The van der Waals surface area contributed by atoms with Gasteiger partial charge in [-0.05, 0) is 0 Å². The van der Waals surface area contributed by atoms with Crippen molar-refractivity contribution >= 4 is 9.84 Å². The summed E-state index contributed by atoms with van der Waals surface area (Å²) in [6.07, 6.45) is 2.17. The SMILES string of the molecule is C=C1CC[N+]2(CC1)CCS(=O)(=O)CC2. The maximum Gasteiger partial charge on any atom is 0.161 e. The number of quaternary nitrogens is 1. The van der Waals surface area contributed by atoms with E-state index in [1.807, 2.05) is 0 Å². The van der Waals surface area contributed by atoms with Crippen LogP contribution < -0.4 is 0 Å². The van der Waals surface area contributed by atoms with E-state index in [9.17, 15) is 8.42 Å². The molecule has 1 spiro atoms. The van der Waals surface area contributed by atoms with Crippen molar-refractivity contribution in [3.63, 3.8) is 0 Å². The molecule has 3 nitrogen and oxygen atoms in total. The minimum absolute atomic E-state index is 0.388. The van der Waals surface area contributed by atoms with E-state index in [-0.39, 0.29) is 0 Å².